The van der Waals surface area contributed by atoms with E-state index in [2.05, 4.69) is 6.92 Å². The van der Waals surface area contributed by atoms with Gasteiger partial charge in [-0.15, -0.1) is 0 Å². The molecule has 0 aromatic carbocycles. The fourth-order valence-electron chi connectivity index (χ4n) is 7.06. The minimum absolute atomic E-state index is 0.000882. The molecule has 0 aliphatic heterocycles. The number of rotatable bonds is 1. The van der Waals surface area contributed by atoms with Gasteiger partial charge in [0.15, 0.2) is 5.78 Å². The van der Waals surface area contributed by atoms with Gasteiger partial charge in [-0.3, -0.25) is 14.4 Å². The van der Waals surface area contributed by atoms with Crippen LogP contribution in [0.5, 0.6) is 0 Å². The van der Waals surface area contributed by atoms with E-state index in [1.165, 1.54) is 6.08 Å². The molecule has 3 saturated carbocycles. The fourth-order valence-corrected chi connectivity index (χ4v) is 7.06. The predicted molar refractivity (Wildman–Crippen MR) is 91.6 cm³/mol. The minimum atomic E-state index is -1.14. The summed E-state index contributed by atoms with van der Waals surface area (Å²) in [6.45, 7) is 5.70. The lowest BCUT2D eigenvalue weighted by molar-refractivity contribution is -0.150. The number of carbonyl (C=O) groups is 3. The van der Waals surface area contributed by atoms with Gasteiger partial charge in [0, 0.05) is 30.1 Å². The first kappa shape index (κ1) is 17.1. The van der Waals surface area contributed by atoms with Gasteiger partial charge in [-0.1, -0.05) is 13.8 Å². The second kappa shape index (κ2) is 5.34. The van der Waals surface area contributed by atoms with Crippen LogP contribution in [0.1, 0.15) is 59.3 Å². The Hall–Kier alpha value is -1.32. The van der Waals surface area contributed by atoms with Gasteiger partial charge in [0.1, 0.15) is 17.7 Å². The number of carbonyl (C=O) groups excluding carboxylic acids is 3. The molecule has 4 rings (SSSR count). The molecule has 136 valence electrons. The summed E-state index contributed by atoms with van der Waals surface area (Å²) in [4.78, 5) is 37.2. The van der Waals surface area contributed by atoms with Crippen molar-refractivity contribution in [2.24, 2.45) is 34.5 Å². The molecular formula is C21H27FO3. The van der Waals surface area contributed by atoms with E-state index in [-0.39, 0.29) is 46.4 Å². The number of ketones is 3. The van der Waals surface area contributed by atoms with Crippen LogP contribution in [-0.2, 0) is 14.4 Å². The number of halogens is 1. The second-order valence-electron chi connectivity index (χ2n) is 9.32. The van der Waals surface area contributed by atoms with Crippen LogP contribution in [0.2, 0.25) is 0 Å². The first-order valence-corrected chi connectivity index (χ1v) is 9.60. The Bertz CT molecular complexity index is 695. The maximum atomic E-state index is 15.1. The Labute approximate surface area is 148 Å². The Morgan fingerprint density at radius 3 is 2.64 bits per heavy atom. The second-order valence-corrected chi connectivity index (χ2v) is 9.32. The van der Waals surface area contributed by atoms with Gasteiger partial charge in [0.2, 0.25) is 0 Å². The van der Waals surface area contributed by atoms with Crippen LogP contribution in [0.15, 0.2) is 11.6 Å². The highest BCUT2D eigenvalue weighted by Crippen LogP contribution is 2.65. The fraction of sp³-hybridized carbons (Fsp3) is 0.762. The SMILES string of the molecule is CC(=O)C1CCC2C3CC(F)C4=CC(=O)CC[C@]4(C)C3C(=O)C[C@@]12C. The smallest absolute Gasteiger partial charge is 0.155 e. The molecule has 0 radical (unpaired) electrons. The number of hydrogen-bond donors (Lipinski definition) is 0. The van der Waals surface area contributed by atoms with Gasteiger partial charge in [-0.25, -0.2) is 4.39 Å². The molecule has 0 saturated heterocycles. The maximum Gasteiger partial charge on any atom is 0.155 e. The van der Waals surface area contributed by atoms with Crippen molar-refractivity contribution in [3.8, 4) is 0 Å². The van der Waals surface area contributed by atoms with E-state index in [1.54, 1.807) is 6.92 Å². The monoisotopic (exact) mass is 346 g/mol. The minimum Gasteiger partial charge on any atom is -0.300 e. The van der Waals surface area contributed by atoms with E-state index >= 15 is 4.39 Å². The predicted octanol–water partition coefficient (Wildman–Crippen LogP) is 3.85. The summed E-state index contributed by atoms with van der Waals surface area (Å²) < 4.78 is 15.1. The van der Waals surface area contributed by atoms with Crippen molar-refractivity contribution in [2.75, 3.05) is 0 Å². The summed E-state index contributed by atoms with van der Waals surface area (Å²) in [5, 5.41) is 0. The van der Waals surface area contributed by atoms with Crippen LogP contribution in [0.3, 0.4) is 0 Å². The zero-order valence-corrected chi connectivity index (χ0v) is 15.3. The van der Waals surface area contributed by atoms with E-state index in [0.717, 1.165) is 12.8 Å². The zero-order valence-electron chi connectivity index (χ0n) is 15.3. The summed E-state index contributed by atoms with van der Waals surface area (Å²) in [5.74, 6) is 0.310. The maximum absolute atomic E-state index is 15.1. The highest BCUT2D eigenvalue weighted by atomic mass is 19.1. The molecule has 4 aliphatic rings. The average molecular weight is 346 g/mol. The third-order valence-electron chi connectivity index (χ3n) is 8.12. The average Bonchev–Trinajstić information content (AvgIpc) is 2.85. The van der Waals surface area contributed by atoms with Gasteiger partial charge < -0.3 is 0 Å². The van der Waals surface area contributed by atoms with Gasteiger partial charge >= 0.3 is 0 Å². The van der Waals surface area contributed by atoms with E-state index in [1.807, 2.05) is 6.92 Å². The first-order valence-electron chi connectivity index (χ1n) is 9.60. The van der Waals surface area contributed by atoms with Gasteiger partial charge in [0.25, 0.3) is 0 Å². The standard InChI is InChI=1S/C21H27FO3/c1-11(23)14-4-5-15-13-9-17(22)16-8-12(24)6-7-20(16,2)19(13)18(25)10-21(14,15)3/h8,13-15,17,19H,4-7,9-10H2,1-3H3/t13?,14?,15?,17?,19?,20-,21-/m0/s1. The van der Waals surface area contributed by atoms with Crippen molar-refractivity contribution in [3.05, 3.63) is 11.6 Å². The summed E-state index contributed by atoms with van der Waals surface area (Å²) in [7, 11) is 0. The lowest BCUT2D eigenvalue weighted by Crippen LogP contribution is -2.57. The Morgan fingerprint density at radius 2 is 1.96 bits per heavy atom. The van der Waals surface area contributed by atoms with Crippen LogP contribution in [-0.4, -0.2) is 23.5 Å². The molecule has 25 heavy (non-hydrogen) atoms. The lowest BCUT2D eigenvalue weighted by atomic mass is 9.46. The van der Waals surface area contributed by atoms with Crippen LogP contribution in [0.4, 0.5) is 4.39 Å². The summed E-state index contributed by atoms with van der Waals surface area (Å²) >= 11 is 0. The van der Waals surface area contributed by atoms with Crippen LogP contribution >= 0.6 is 0 Å². The Morgan fingerprint density at radius 1 is 1.24 bits per heavy atom. The molecule has 0 amide bonds. The molecule has 0 heterocycles. The van der Waals surface area contributed by atoms with E-state index in [9.17, 15) is 14.4 Å². The lowest BCUT2D eigenvalue weighted by Gasteiger charge is -2.57. The first-order chi connectivity index (χ1) is 11.7. The molecule has 4 heteroatoms. The third kappa shape index (κ3) is 2.18. The molecule has 5 unspecified atom stereocenters. The van der Waals surface area contributed by atoms with Crippen molar-refractivity contribution in [1.82, 2.24) is 0 Å². The molecule has 3 fully saturated rings. The zero-order chi connectivity index (χ0) is 18.1. The molecule has 4 aliphatic carbocycles. The molecule has 7 atom stereocenters. The summed E-state index contributed by atoms with van der Waals surface area (Å²) in [6.07, 6.45) is 3.82. The van der Waals surface area contributed by atoms with E-state index < -0.39 is 11.6 Å². The van der Waals surface area contributed by atoms with Crippen LogP contribution < -0.4 is 0 Å². The largest absolute Gasteiger partial charge is 0.300 e. The molecule has 0 bridgehead atoms. The van der Waals surface area contributed by atoms with Gasteiger partial charge in [-0.2, -0.15) is 0 Å². The Balaban J connectivity index is 1.77. The van der Waals surface area contributed by atoms with Crippen molar-refractivity contribution in [2.45, 2.75) is 65.5 Å². The quantitative estimate of drug-likeness (QED) is 0.725. The van der Waals surface area contributed by atoms with Crippen molar-refractivity contribution >= 4 is 17.3 Å². The van der Waals surface area contributed by atoms with Crippen LogP contribution in [0.25, 0.3) is 0 Å². The summed E-state index contributed by atoms with van der Waals surface area (Å²) in [6, 6.07) is 0. The molecule has 0 aromatic heterocycles. The molecular weight excluding hydrogens is 319 g/mol. The van der Waals surface area contributed by atoms with Crippen molar-refractivity contribution < 1.29 is 18.8 Å². The van der Waals surface area contributed by atoms with E-state index in [0.29, 0.717) is 31.3 Å². The number of hydrogen-bond acceptors (Lipinski definition) is 3. The van der Waals surface area contributed by atoms with Crippen LogP contribution in [0, 0.1) is 34.5 Å². The molecule has 0 spiro atoms. The third-order valence-corrected chi connectivity index (χ3v) is 8.12. The van der Waals surface area contributed by atoms with Crippen molar-refractivity contribution in [3.63, 3.8) is 0 Å². The number of Topliss-reactive ketones (excluding diaryl/α,β-unsaturated/α-hetero) is 2. The Kier molecular flexibility index (Phi) is 3.66. The number of alkyl halides is 1. The highest BCUT2D eigenvalue weighted by molar-refractivity contribution is 5.93. The molecule has 0 aromatic rings. The summed E-state index contributed by atoms with van der Waals surface area (Å²) in [5.41, 5.74) is -0.280. The highest BCUT2D eigenvalue weighted by Gasteiger charge is 2.64. The number of allylic oxidation sites excluding steroid dienone is 1. The number of fused-ring (bicyclic) bond motifs is 5. The molecule has 3 nitrogen and oxygen atoms in total. The van der Waals surface area contributed by atoms with Gasteiger partial charge in [0.05, 0.1) is 0 Å². The van der Waals surface area contributed by atoms with Gasteiger partial charge in [-0.05, 0) is 61.5 Å². The van der Waals surface area contributed by atoms with Crippen molar-refractivity contribution in [1.29, 1.82) is 0 Å². The normalized spacial score (nSPS) is 49.1. The topological polar surface area (TPSA) is 51.2 Å². The molecule has 0 N–H and O–H groups in total. The van der Waals surface area contributed by atoms with E-state index in [4.69, 9.17) is 0 Å².